The Morgan fingerprint density at radius 2 is 2.30 bits per heavy atom. The summed E-state index contributed by atoms with van der Waals surface area (Å²) in [6.45, 7) is 6.53. The summed E-state index contributed by atoms with van der Waals surface area (Å²) in [4.78, 5) is 18.3. The van der Waals surface area contributed by atoms with Crippen LogP contribution in [0.2, 0.25) is 0 Å². The monoisotopic (exact) mass is 277 g/mol. The summed E-state index contributed by atoms with van der Waals surface area (Å²) in [6, 6.07) is 3.88. The molecule has 1 aromatic rings. The van der Waals surface area contributed by atoms with Gasteiger partial charge in [0.1, 0.15) is 0 Å². The number of hydrogen-bond donors (Lipinski definition) is 1. The van der Waals surface area contributed by atoms with E-state index in [1.807, 2.05) is 19.1 Å². The lowest BCUT2D eigenvalue weighted by atomic mass is 10.1. The van der Waals surface area contributed by atoms with Crippen LogP contribution in [0.1, 0.15) is 31.4 Å². The van der Waals surface area contributed by atoms with Crippen molar-refractivity contribution in [2.24, 2.45) is 0 Å². The number of nitrogens with one attached hydrogen (secondary N) is 1. The first kappa shape index (κ1) is 14.9. The molecule has 0 aromatic carbocycles. The number of hydrogen-bond acceptors (Lipinski definition) is 4. The molecule has 1 aromatic heterocycles. The van der Waals surface area contributed by atoms with Gasteiger partial charge in [0.05, 0.1) is 19.3 Å². The van der Waals surface area contributed by atoms with Crippen molar-refractivity contribution >= 4 is 5.91 Å². The third-order valence-electron chi connectivity index (χ3n) is 3.54. The smallest absolute Gasteiger partial charge is 0.220 e. The third kappa shape index (κ3) is 4.90. The number of carbonyl (C=O) groups excluding carboxylic acids is 1. The number of nitrogens with zero attached hydrogens (tertiary/aromatic N) is 2. The number of amides is 1. The van der Waals surface area contributed by atoms with E-state index in [0.29, 0.717) is 6.42 Å². The van der Waals surface area contributed by atoms with Gasteiger partial charge in [-0.05, 0) is 31.5 Å². The van der Waals surface area contributed by atoms with Gasteiger partial charge < -0.3 is 10.1 Å². The number of carbonyl (C=O) groups is 1. The minimum Gasteiger partial charge on any atom is -0.379 e. The molecular formula is C15H23N3O2. The highest BCUT2D eigenvalue weighted by molar-refractivity contribution is 5.76. The summed E-state index contributed by atoms with van der Waals surface area (Å²) in [5, 5.41) is 3.01. The van der Waals surface area contributed by atoms with E-state index in [0.717, 1.165) is 44.8 Å². The Balaban J connectivity index is 1.65. The average Bonchev–Trinajstić information content (AvgIpc) is 2.49. The topological polar surface area (TPSA) is 54.5 Å². The quantitative estimate of drug-likeness (QED) is 0.853. The van der Waals surface area contributed by atoms with Crippen LogP contribution in [0.25, 0.3) is 0 Å². The predicted molar refractivity (Wildman–Crippen MR) is 77.3 cm³/mol. The van der Waals surface area contributed by atoms with Gasteiger partial charge in [0.2, 0.25) is 5.91 Å². The molecular weight excluding hydrogens is 254 g/mol. The molecule has 1 aliphatic heterocycles. The normalized spacial score (nSPS) is 17.6. The van der Waals surface area contributed by atoms with Crippen LogP contribution in [0.3, 0.4) is 0 Å². The molecule has 1 saturated heterocycles. The van der Waals surface area contributed by atoms with Crippen LogP contribution in [-0.4, -0.2) is 48.6 Å². The van der Waals surface area contributed by atoms with Crippen LogP contribution in [0, 0.1) is 0 Å². The molecule has 1 unspecified atom stereocenters. The van der Waals surface area contributed by atoms with Crippen LogP contribution in [-0.2, 0) is 9.53 Å². The molecule has 2 rings (SSSR count). The van der Waals surface area contributed by atoms with Crippen LogP contribution in [0.4, 0.5) is 0 Å². The number of morpholine rings is 1. The molecule has 1 amide bonds. The first-order valence-electron chi connectivity index (χ1n) is 7.25. The molecule has 1 fully saturated rings. The average molecular weight is 277 g/mol. The van der Waals surface area contributed by atoms with Gasteiger partial charge in [-0.25, -0.2) is 0 Å². The van der Waals surface area contributed by atoms with Crippen molar-refractivity contribution in [1.82, 2.24) is 15.2 Å². The van der Waals surface area contributed by atoms with Gasteiger partial charge >= 0.3 is 0 Å². The highest BCUT2D eigenvalue weighted by atomic mass is 16.5. The zero-order chi connectivity index (χ0) is 14.2. The molecule has 1 aliphatic rings. The van der Waals surface area contributed by atoms with Gasteiger partial charge in [-0.3, -0.25) is 14.7 Å². The second-order valence-electron chi connectivity index (χ2n) is 5.13. The molecule has 1 N–H and O–H groups in total. The molecule has 0 aliphatic carbocycles. The Bertz CT molecular complexity index is 405. The molecule has 0 radical (unpaired) electrons. The largest absolute Gasteiger partial charge is 0.379 e. The van der Waals surface area contributed by atoms with E-state index in [-0.39, 0.29) is 11.9 Å². The lowest BCUT2D eigenvalue weighted by Gasteiger charge is -2.26. The fraction of sp³-hybridized carbons (Fsp3) is 0.600. The van der Waals surface area contributed by atoms with Gasteiger partial charge in [-0.2, -0.15) is 0 Å². The van der Waals surface area contributed by atoms with Crippen molar-refractivity contribution in [2.75, 3.05) is 32.8 Å². The summed E-state index contributed by atoms with van der Waals surface area (Å²) < 4.78 is 5.30. The minimum absolute atomic E-state index is 0.0135. The van der Waals surface area contributed by atoms with Crippen LogP contribution in [0.15, 0.2) is 24.5 Å². The summed E-state index contributed by atoms with van der Waals surface area (Å²) >= 11 is 0. The van der Waals surface area contributed by atoms with Crippen molar-refractivity contribution in [3.05, 3.63) is 30.1 Å². The van der Waals surface area contributed by atoms with E-state index >= 15 is 0 Å². The van der Waals surface area contributed by atoms with Gasteiger partial charge in [0.15, 0.2) is 0 Å². The molecule has 110 valence electrons. The number of rotatable bonds is 6. The van der Waals surface area contributed by atoms with Gasteiger partial charge in [0, 0.05) is 31.9 Å². The Morgan fingerprint density at radius 3 is 3.00 bits per heavy atom. The number of aromatic nitrogens is 1. The molecule has 5 nitrogen and oxygen atoms in total. The molecule has 1 atom stereocenters. The highest BCUT2D eigenvalue weighted by Gasteiger charge is 2.12. The fourth-order valence-electron chi connectivity index (χ4n) is 2.32. The maximum Gasteiger partial charge on any atom is 0.220 e. The van der Waals surface area contributed by atoms with E-state index in [1.54, 1.807) is 12.4 Å². The van der Waals surface area contributed by atoms with Crippen LogP contribution in [0.5, 0.6) is 0 Å². The maximum absolute atomic E-state index is 11.9. The standard InChI is InChI=1S/C15H23N3O2/c1-13(14-4-2-6-16-12-14)17-15(19)5-3-7-18-8-10-20-11-9-18/h2,4,6,12-13H,3,5,7-11H2,1H3,(H,17,19). The van der Waals surface area contributed by atoms with Crippen molar-refractivity contribution in [2.45, 2.75) is 25.8 Å². The lowest BCUT2D eigenvalue weighted by Crippen LogP contribution is -2.37. The zero-order valence-corrected chi connectivity index (χ0v) is 12.0. The van der Waals surface area contributed by atoms with Crippen molar-refractivity contribution in [1.29, 1.82) is 0 Å². The maximum atomic E-state index is 11.9. The van der Waals surface area contributed by atoms with E-state index in [2.05, 4.69) is 15.2 Å². The number of ether oxygens (including phenoxy) is 1. The first-order valence-corrected chi connectivity index (χ1v) is 7.25. The molecule has 0 spiro atoms. The summed E-state index contributed by atoms with van der Waals surface area (Å²) in [5.41, 5.74) is 1.04. The predicted octanol–water partition coefficient (Wildman–Crippen LogP) is 1.37. The van der Waals surface area contributed by atoms with Crippen LogP contribution < -0.4 is 5.32 Å². The fourth-order valence-corrected chi connectivity index (χ4v) is 2.32. The van der Waals surface area contributed by atoms with Gasteiger partial charge in [0.25, 0.3) is 0 Å². The van der Waals surface area contributed by atoms with Crippen molar-refractivity contribution < 1.29 is 9.53 Å². The Labute approximate surface area is 120 Å². The van der Waals surface area contributed by atoms with E-state index in [1.165, 1.54) is 0 Å². The van der Waals surface area contributed by atoms with Gasteiger partial charge in [-0.1, -0.05) is 6.07 Å². The van der Waals surface area contributed by atoms with Crippen molar-refractivity contribution in [3.63, 3.8) is 0 Å². The lowest BCUT2D eigenvalue weighted by molar-refractivity contribution is -0.121. The summed E-state index contributed by atoms with van der Waals surface area (Å²) in [5.74, 6) is 0.106. The highest BCUT2D eigenvalue weighted by Crippen LogP contribution is 2.10. The van der Waals surface area contributed by atoms with E-state index < -0.39 is 0 Å². The molecule has 2 heterocycles. The van der Waals surface area contributed by atoms with Crippen LogP contribution >= 0.6 is 0 Å². The molecule has 5 heteroatoms. The van der Waals surface area contributed by atoms with E-state index in [4.69, 9.17) is 4.74 Å². The second-order valence-corrected chi connectivity index (χ2v) is 5.13. The SMILES string of the molecule is CC(NC(=O)CCCN1CCOCC1)c1cccnc1. The summed E-state index contributed by atoms with van der Waals surface area (Å²) in [7, 11) is 0. The first-order chi connectivity index (χ1) is 9.75. The summed E-state index contributed by atoms with van der Waals surface area (Å²) in [6.07, 6.45) is 4.99. The third-order valence-corrected chi connectivity index (χ3v) is 3.54. The Morgan fingerprint density at radius 1 is 1.50 bits per heavy atom. The molecule has 0 bridgehead atoms. The van der Waals surface area contributed by atoms with Gasteiger partial charge in [-0.15, -0.1) is 0 Å². The number of pyridine rings is 1. The molecule has 20 heavy (non-hydrogen) atoms. The Hall–Kier alpha value is -1.46. The van der Waals surface area contributed by atoms with Crippen molar-refractivity contribution in [3.8, 4) is 0 Å². The second kappa shape index (κ2) is 7.97. The molecule has 0 saturated carbocycles. The zero-order valence-electron chi connectivity index (χ0n) is 12.0. The van der Waals surface area contributed by atoms with E-state index in [9.17, 15) is 4.79 Å². The minimum atomic E-state index is 0.0135. The Kier molecular flexibility index (Phi) is 5.95.